The predicted octanol–water partition coefficient (Wildman–Crippen LogP) is 2.75. The van der Waals surface area contributed by atoms with E-state index in [1.54, 1.807) is 0 Å². The molecule has 2 saturated heterocycles. The molecule has 4 amide bonds. The number of imide groups is 1. The Balaban J connectivity index is 1.90. The van der Waals surface area contributed by atoms with Gasteiger partial charge in [0.05, 0.1) is 11.4 Å². The van der Waals surface area contributed by atoms with Crippen LogP contribution in [0, 0.1) is 6.92 Å². The van der Waals surface area contributed by atoms with Crippen molar-refractivity contribution in [2.24, 2.45) is 4.99 Å². The van der Waals surface area contributed by atoms with Crippen LogP contribution in [0.15, 0.2) is 23.2 Å². The highest BCUT2D eigenvalue weighted by atomic mass is 32.2. The maximum atomic E-state index is 12.5. The van der Waals surface area contributed by atoms with Crippen molar-refractivity contribution in [3.05, 3.63) is 29.3 Å². The Morgan fingerprint density at radius 1 is 1.15 bits per heavy atom. The molecule has 0 unspecified atom stereocenters. The fourth-order valence-electron chi connectivity index (χ4n) is 2.85. The van der Waals surface area contributed by atoms with Gasteiger partial charge in [0.15, 0.2) is 5.17 Å². The molecule has 3 rings (SSSR count). The predicted molar refractivity (Wildman–Crippen MR) is 100 cm³/mol. The van der Waals surface area contributed by atoms with Gasteiger partial charge in [-0.2, -0.15) is 0 Å². The molecule has 0 radical (unpaired) electrons. The number of amides is 4. The summed E-state index contributed by atoms with van der Waals surface area (Å²) in [6, 6.07) is 5.78. The fraction of sp³-hybridized carbons (Fsp3) is 0.389. The zero-order valence-corrected chi connectivity index (χ0v) is 16.0. The average Bonchev–Trinajstić information content (AvgIpc) is 3.11. The lowest BCUT2D eigenvalue weighted by molar-refractivity contribution is -0.170. The van der Waals surface area contributed by atoms with Crippen LogP contribution in [0.3, 0.4) is 0 Å². The Hall–Kier alpha value is -2.68. The summed E-state index contributed by atoms with van der Waals surface area (Å²) >= 11 is 1.10. The third-order valence-corrected chi connectivity index (χ3v) is 5.10. The maximum Gasteiger partial charge on any atom is 0.461 e. The minimum Gasteiger partial charge on any atom is -0.309 e. The van der Waals surface area contributed by atoms with E-state index < -0.39 is 17.9 Å². The molecule has 0 spiro atoms. The summed E-state index contributed by atoms with van der Waals surface area (Å²) in [5, 5.41) is 0.598. The van der Waals surface area contributed by atoms with Gasteiger partial charge in [-0.15, -0.1) is 10.1 Å². The second-order valence-electron chi connectivity index (χ2n) is 6.57. The fourth-order valence-corrected chi connectivity index (χ4v) is 3.70. The number of aryl methyl sites for hydroxylation is 1. The monoisotopic (exact) mass is 389 g/mol. The number of hydrogen-bond donors (Lipinski definition) is 0. The molecule has 0 bridgehead atoms. The third kappa shape index (κ3) is 3.87. The van der Waals surface area contributed by atoms with E-state index in [0.29, 0.717) is 10.8 Å². The first kappa shape index (κ1) is 19.1. The third-order valence-electron chi connectivity index (χ3n) is 4.18. The van der Waals surface area contributed by atoms with Crippen molar-refractivity contribution < 1.29 is 24.0 Å². The summed E-state index contributed by atoms with van der Waals surface area (Å²) in [7, 11) is 0. The lowest BCUT2D eigenvalue weighted by Crippen LogP contribution is -2.33. The molecule has 27 heavy (non-hydrogen) atoms. The number of carbonyl (C=O) groups is 4. The quantitative estimate of drug-likeness (QED) is 0.738. The number of thioether (sulfide) groups is 1. The summed E-state index contributed by atoms with van der Waals surface area (Å²) in [6.45, 7) is 5.94. The van der Waals surface area contributed by atoms with Gasteiger partial charge in [-0.25, -0.2) is 4.79 Å². The van der Waals surface area contributed by atoms with E-state index in [0.717, 1.165) is 22.9 Å². The molecule has 142 valence electrons. The van der Waals surface area contributed by atoms with Crippen molar-refractivity contribution in [1.29, 1.82) is 0 Å². The van der Waals surface area contributed by atoms with Crippen molar-refractivity contribution in [2.75, 3.05) is 10.7 Å². The number of aliphatic imine (C=N–C) groups is 1. The van der Waals surface area contributed by atoms with E-state index in [-0.39, 0.29) is 35.6 Å². The Kier molecular flexibility index (Phi) is 5.31. The number of carbonyl (C=O) groups excluding carboxylic acids is 4. The summed E-state index contributed by atoms with van der Waals surface area (Å²) < 4.78 is 0. The van der Waals surface area contributed by atoms with Crippen LogP contribution >= 0.6 is 11.8 Å². The van der Waals surface area contributed by atoms with Gasteiger partial charge in [0, 0.05) is 12.8 Å². The molecule has 2 fully saturated rings. The van der Waals surface area contributed by atoms with Gasteiger partial charge >= 0.3 is 6.09 Å². The second kappa shape index (κ2) is 7.51. The lowest BCUT2D eigenvalue weighted by Gasteiger charge is -2.22. The van der Waals surface area contributed by atoms with Crippen molar-refractivity contribution >= 4 is 46.4 Å². The Morgan fingerprint density at radius 3 is 2.44 bits per heavy atom. The number of anilines is 1. The SMILES string of the molecule is Cc1ccc(C(C)C)c(N2C(=O)CSC2=NC(=O)ON2C(=O)CCC2=O)c1. The van der Waals surface area contributed by atoms with Crippen molar-refractivity contribution in [2.45, 2.75) is 39.5 Å². The number of amidine groups is 1. The molecule has 0 aliphatic carbocycles. The van der Waals surface area contributed by atoms with Gasteiger partial charge in [0.25, 0.3) is 11.8 Å². The first-order valence-electron chi connectivity index (χ1n) is 8.50. The van der Waals surface area contributed by atoms with Crippen LogP contribution in [0.2, 0.25) is 0 Å². The maximum absolute atomic E-state index is 12.5. The van der Waals surface area contributed by atoms with E-state index in [1.807, 2.05) is 39.0 Å². The topological polar surface area (TPSA) is 96.3 Å². The second-order valence-corrected chi connectivity index (χ2v) is 7.51. The van der Waals surface area contributed by atoms with Crippen molar-refractivity contribution in [3.8, 4) is 0 Å². The van der Waals surface area contributed by atoms with E-state index in [2.05, 4.69) is 4.99 Å². The smallest absolute Gasteiger partial charge is 0.309 e. The van der Waals surface area contributed by atoms with Crippen LogP contribution in [-0.2, 0) is 19.2 Å². The number of hydrogen-bond acceptors (Lipinski definition) is 6. The van der Waals surface area contributed by atoms with Crippen LogP contribution in [0.25, 0.3) is 0 Å². The summed E-state index contributed by atoms with van der Waals surface area (Å²) in [5.41, 5.74) is 2.58. The molecule has 9 heteroatoms. The molecular formula is C18H19N3O5S. The number of nitrogens with zero attached hydrogens (tertiary/aromatic N) is 3. The van der Waals surface area contributed by atoms with Crippen molar-refractivity contribution in [3.63, 3.8) is 0 Å². The highest BCUT2D eigenvalue weighted by Crippen LogP contribution is 2.34. The molecule has 1 aromatic rings. The van der Waals surface area contributed by atoms with E-state index in [4.69, 9.17) is 4.84 Å². The minimum atomic E-state index is -1.11. The first-order valence-corrected chi connectivity index (χ1v) is 9.49. The molecule has 2 heterocycles. The molecule has 0 saturated carbocycles. The van der Waals surface area contributed by atoms with Crippen LogP contribution in [0.1, 0.15) is 43.7 Å². The molecule has 1 aromatic carbocycles. The average molecular weight is 389 g/mol. The highest BCUT2D eigenvalue weighted by molar-refractivity contribution is 8.15. The van der Waals surface area contributed by atoms with Crippen LogP contribution in [0.4, 0.5) is 10.5 Å². The van der Waals surface area contributed by atoms with Crippen molar-refractivity contribution in [1.82, 2.24) is 5.06 Å². The number of rotatable bonds is 3. The van der Waals surface area contributed by atoms with Crippen LogP contribution < -0.4 is 4.90 Å². The van der Waals surface area contributed by atoms with E-state index in [9.17, 15) is 19.2 Å². The number of hydroxylamine groups is 2. The van der Waals surface area contributed by atoms with Gasteiger partial charge < -0.3 is 4.84 Å². The van der Waals surface area contributed by atoms with Gasteiger partial charge in [-0.05, 0) is 30.0 Å². The zero-order valence-electron chi connectivity index (χ0n) is 15.2. The van der Waals surface area contributed by atoms with Gasteiger partial charge in [-0.3, -0.25) is 19.3 Å². The largest absolute Gasteiger partial charge is 0.461 e. The molecule has 0 atom stereocenters. The molecule has 8 nitrogen and oxygen atoms in total. The Bertz CT molecular complexity index is 849. The summed E-state index contributed by atoms with van der Waals surface area (Å²) in [5.74, 6) is -1.07. The van der Waals surface area contributed by atoms with Crippen LogP contribution in [0.5, 0.6) is 0 Å². The van der Waals surface area contributed by atoms with E-state index >= 15 is 0 Å². The molecular weight excluding hydrogens is 370 g/mol. The number of benzene rings is 1. The van der Waals surface area contributed by atoms with Gasteiger partial charge in [0.1, 0.15) is 0 Å². The molecule has 2 aliphatic rings. The van der Waals surface area contributed by atoms with Gasteiger partial charge in [0.2, 0.25) is 5.91 Å². The standard InChI is InChI=1S/C18H19N3O5S/c1-10(2)12-5-4-11(3)8-13(12)20-16(24)9-27-17(20)19-18(25)26-21-14(22)6-7-15(21)23/h4-5,8,10H,6-7,9H2,1-3H3. The Labute approximate surface area is 160 Å². The van der Waals surface area contributed by atoms with Gasteiger partial charge in [-0.1, -0.05) is 37.7 Å². The first-order chi connectivity index (χ1) is 12.8. The minimum absolute atomic E-state index is 0.00306. The molecule has 2 aliphatic heterocycles. The Morgan fingerprint density at radius 2 is 1.81 bits per heavy atom. The zero-order chi connectivity index (χ0) is 19.7. The summed E-state index contributed by atoms with van der Waals surface area (Å²) in [6.07, 6.45) is -1.11. The van der Waals surface area contributed by atoms with E-state index in [1.165, 1.54) is 4.90 Å². The lowest BCUT2D eigenvalue weighted by atomic mass is 9.99. The summed E-state index contributed by atoms with van der Waals surface area (Å²) in [4.78, 5) is 57.7. The molecule has 0 N–H and O–H groups in total. The van der Waals surface area contributed by atoms with Crippen LogP contribution in [-0.4, -0.2) is 39.8 Å². The normalized spacial score (nSPS) is 19.0. The molecule has 0 aromatic heterocycles. The highest BCUT2D eigenvalue weighted by Gasteiger charge is 2.35.